The van der Waals surface area contributed by atoms with Gasteiger partial charge in [-0.3, -0.25) is 69.2 Å². The number of rotatable bonds is 21. The number of piperidine rings is 1. The molecule has 1 aliphatic heterocycles. The summed E-state index contributed by atoms with van der Waals surface area (Å²) in [7, 11) is 5.74. The van der Waals surface area contributed by atoms with E-state index in [0.717, 1.165) is 104 Å². The minimum absolute atomic E-state index is 0.0319. The fourth-order valence-electron chi connectivity index (χ4n) is 13.9. The number of hydrogen-bond acceptors (Lipinski definition) is 16. The highest BCUT2D eigenvalue weighted by Gasteiger charge is 2.54. The van der Waals surface area contributed by atoms with Gasteiger partial charge in [-0.25, -0.2) is 21.9 Å². The Hall–Kier alpha value is -9.30. The molecule has 2 aromatic heterocycles. The quantitative estimate of drug-likeness (QED) is 0.0235. The Morgan fingerprint density at radius 1 is 0.566 bits per heavy atom. The molecule has 4 aliphatic carbocycles. The van der Waals surface area contributed by atoms with Crippen LogP contribution < -0.4 is 43.2 Å². The van der Waals surface area contributed by atoms with E-state index < -0.39 is 23.6 Å². The van der Waals surface area contributed by atoms with Crippen molar-refractivity contribution in [1.82, 2.24) is 63.0 Å². The maximum atomic E-state index is 13.1. The lowest BCUT2D eigenvalue weighted by Gasteiger charge is -2.55. The summed E-state index contributed by atoms with van der Waals surface area (Å²) < 4.78 is 0. The summed E-state index contributed by atoms with van der Waals surface area (Å²) in [6, 6.07) is 36.8. The van der Waals surface area contributed by atoms with Gasteiger partial charge in [0, 0.05) is 46.0 Å². The van der Waals surface area contributed by atoms with Crippen molar-refractivity contribution in [3.8, 4) is 11.1 Å². The molecule has 24 nitrogen and oxygen atoms in total. The summed E-state index contributed by atoms with van der Waals surface area (Å²) >= 11 is 0. The molecule has 530 valence electrons. The smallest absolute Gasteiger partial charge is 0.276 e. The molecule has 5 fully saturated rings. The van der Waals surface area contributed by atoms with Gasteiger partial charge in [-0.15, -0.1) is 0 Å². The van der Waals surface area contributed by atoms with Gasteiger partial charge in [-0.2, -0.15) is 0 Å². The zero-order valence-corrected chi connectivity index (χ0v) is 58.1. The second-order valence-electron chi connectivity index (χ2n) is 27.8. The van der Waals surface area contributed by atoms with Crippen molar-refractivity contribution in [3.63, 3.8) is 0 Å². The number of likely N-dealkylation sites (tertiary alicyclic amines) is 1. The fourth-order valence-corrected chi connectivity index (χ4v) is 13.9. The fraction of sp³-hybridized carbons (Fsp3) is 0.440. The maximum Gasteiger partial charge on any atom is 0.276 e. The van der Waals surface area contributed by atoms with Crippen LogP contribution in [-0.2, 0) is 14.4 Å². The van der Waals surface area contributed by atoms with Gasteiger partial charge in [0.25, 0.3) is 29.5 Å². The number of hydrogen-bond donors (Lipinski definition) is 12. The van der Waals surface area contributed by atoms with E-state index in [9.17, 15) is 38.4 Å². The van der Waals surface area contributed by atoms with Crippen LogP contribution in [0.1, 0.15) is 211 Å². The first kappa shape index (κ1) is 77.1. The van der Waals surface area contributed by atoms with Crippen molar-refractivity contribution in [2.24, 2.45) is 34.5 Å². The molecular formula is C75H98N12O12. The Morgan fingerprint density at radius 3 is 1.56 bits per heavy atom. The molecule has 1 saturated heterocycles. The van der Waals surface area contributed by atoms with E-state index in [0.29, 0.717) is 40.2 Å². The largest absolute Gasteiger partial charge is 0.348 e. The van der Waals surface area contributed by atoms with E-state index in [1.807, 2.05) is 110 Å². The van der Waals surface area contributed by atoms with Gasteiger partial charge in [0.05, 0.1) is 47.7 Å². The van der Waals surface area contributed by atoms with E-state index in [1.54, 1.807) is 93.6 Å². The summed E-state index contributed by atoms with van der Waals surface area (Å²) in [5.41, 5.74) is 13.2. The Balaban J connectivity index is 0.000000188. The molecule has 6 aromatic rings. The van der Waals surface area contributed by atoms with Gasteiger partial charge in [0.15, 0.2) is 0 Å². The van der Waals surface area contributed by atoms with Crippen molar-refractivity contribution >= 4 is 47.3 Å². The molecule has 3 heterocycles. The highest BCUT2D eigenvalue weighted by atomic mass is 16.5. The highest BCUT2D eigenvalue weighted by Crippen LogP contribution is 2.60. The molecule has 12 N–H and O–H groups in total. The molecule has 8 amide bonds. The summed E-state index contributed by atoms with van der Waals surface area (Å²) in [4.78, 5) is 109. The van der Waals surface area contributed by atoms with Crippen LogP contribution in [0.15, 0.2) is 140 Å². The molecule has 0 radical (unpaired) electrons. The van der Waals surface area contributed by atoms with E-state index in [1.165, 1.54) is 37.7 Å². The van der Waals surface area contributed by atoms with E-state index >= 15 is 0 Å². The molecule has 4 atom stereocenters. The summed E-state index contributed by atoms with van der Waals surface area (Å²) in [5.74, 6) is -0.0312. The molecular weight excluding hydrogens is 1260 g/mol. The second kappa shape index (κ2) is 36.5. The van der Waals surface area contributed by atoms with E-state index in [4.69, 9.17) is 20.8 Å². The molecule has 4 saturated carbocycles. The third-order valence-corrected chi connectivity index (χ3v) is 18.8. The van der Waals surface area contributed by atoms with Crippen LogP contribution >= 0.6 is 0 Å². The minimum Gasteiger partial charge on any atom is -0.348 e. The van der Waals surface area contributed by atoms with Crippen LogP contribution in [-0.4, -0.2) is 129 Å². The van der Waals surface area contributed by atoms with Crippen LogP contribution in [0, 0.1) is 34.5 Å². The van der Waals surface area contributed by atoms with Gasteiger partial charge in [0.2, 0.25) is 17.7 Å². The van der Waals surface area contributed by atoms with Gasteiger partial charge in [-0.1, -0.05) is 108 Å². The number of nitrogens with zero attached hydrogens (tertiary/aromatic N) is 4. The van der Waals surface area contributed by atoms with Crippen molar-refractivity contribution in [2.75, 3.05) is 40.8 Å². The molecule has 24 heteroatoms. The minimum atomic E-state index is -0.593. The van der Waals surface area contributed by atoms with Crippen molar-refractivity contribution in [1.29, 1.82) is 0 Å². The Labute approximate surface area is 579 Å². The maximum absolute atomic E-state index is 13.1. The summed E-state index contributed by atoms with van der Waals surface area (Å²) in [6.07, 6.45) is 14.1. The number of amides is 8. The number of likely N-dealkylation sites (N-methyl/N-ethyl adjacent to an activating group) is 1. The lowest BCUT2D eigenvalue weighted by atomic mass is 9.49. The average molecular weight is 1360 g/mol. The van der Waals surface area contributed by atoms with Gasteiger partial charge >= 0.3 is 0 Å². The van der Waals surface area contributed by atoms with Gasteiger partial charge in [0.1, 0.15) is 0 Å². The molecule has 4 bridgehead atoms. The number of benzene rings is 4. The summed E-state index contributed by atoms with van der Waals surface area (Å²) in [5, 5.41) is 47.1. The van der Waals surface area contributed by atoms with Crippen LogP contribution in [0.2, 0.25) is 0 Å². The molecule has 0 unspecified atom stereocenters. The topological polar surface area (TPSA) is 346 Å². The lowest BCUT2D eigenvalue weighted by molar-refractivity contribution is -0.147. The Kier molecular flexibility index (Phi) is 28.4. The van der Waals surface area contributed by atoms with Crippen LogP contribution in [0.4, 0.5) is 0 Å². The van der Waals surface area contributed by atoms with Gasteiger partial charge < -0.3 is 31.1 Å². The van der Waals surface area contributed by atoms with Crippen molar-refractivity contribution < 1.29 is 59.2 Å². The normalized spacial score (nSPS) is 18.8. The molecule has 5 aliphatic rings. The number of nitrogens with one attached hydrogen (secondary N) is 8. The Morgan fingerprint density at radius 2 is 1.06 bits per heavy atom. The lowest BCUT2D eigenvalue weighted by Crippen LogP contribution is -2.53. The number of carbonyl (C=O) groups excluding carboxylic acids is 8. The first-order valence-corrected chi connectivity index (χ1v) is 33.9. The molecule has 0 spiro atoms. The zero-order valence-electron chi connectivity index (χ0n) is 58.1. The molecule has 4 aromatic carbocycles. The monoisotopic (exact) mass is 1360 g/mol. The first-order chi connectivity index (χ1) is 47.3. The van der Waals surface area contributed by atoms with E-state index in [2.05, 4.69) is 43.2 Å². The second-order valence-corrected chi connectivity index (χ2v) is 27.8. The molecule has 99 heavy (non-hydrogen) atoms. The molecule has 11 rings (SSSR count). The van der Waals surface area contributed by atoms with Crippen LogP contribution in [0.5, 0.6) is 0 Å². The third kappa shape index (κ3) is 21.8. The standard InChI is InChI=1S/C25H26N2O3.C19H25N3O3.C17H26N4O3.C14H21N3O3/c1-25(2,3)22(19-11-15-21(16-12-19)24(29)27-30)26-23(28)20-13-9-18(10-14-20)17-7-5-4-6-8-17;1-11(16-3-2-15(10-20-16)17(23)22-25)21-18(24)19-7-12-4-13(8-19)6-14(5-12)9-19;1-3-4-14(15-11-13(5-8-18-15)17(23)20-24)19-16(22)12-6-9-21(2)10-7-12;1-4-12(15-13(18)9-17(2)3)10-5-7-11(8-6-10)14(19)16-20/h4-16,22,30H,1-3H3,(H,26,28)(H,27,29);2-3,10-14,25H,4-9H2,1H3,(H,21,24)(H,22,23);5,8,11-12,14,24H,3-4,6-7,9-10H2,1-2H3,(H,19,22)(H,20,23);5-8,12,20H,4,9H2,1-3H3,(H,15,18)(H,16,19)/t22-;11-,12?,13?,14?,19?;14-;12-/m1000/s1. The number of carbonyl (C=O) groups is 8. The Bertz CT molecular complexity index is 3620. The van der Waals surface area contributed by atoms with E-state index in [-0.39, 0.29) is 70.1 Å². The highest BCUT2D eigenvalue weighted by molar-refractivity contribution is 5.96. The number of hydroxylamine groups is 4. The average Bonchev–Trinajstić information content (AvgIpc) is 0.742. The first-order valence-electron chi connectivity index (χ1n) is 33.9. The van der Waals surface area contributed by atoms with Crippen molar-refractivity contribution in [2.45, 2.75) is 136 Å². The predicted octanol–water partition coefficient (Wildman–Crippen LogP) is 10.0. The number of aromatic nitrogens is 2. The predicted molar refractivity (Wildman–Crippen MR) is 373 cm³/mol. The number of pyridine rings is 2. The van der Waals surface area contributed by atoms with Gasteiger partial charge in [-0.05, 0) is 211 Å². The zero-order chi connectivity index (χ0) is 72.0. The van der Waals surface area contributed by atoms with Crippen LogP contribution in [0.3, 0.4) is 0 Å². The third-order valence-electron chi connectivity index (χ3n) is 18.8. The summed E-state index contributed by atoms with van der Waals surface area (Å²) in [6.45, 7) is 14.3. The SMILES string of the molecule is CC(C)(C)[C@H](NC(=O)c1ccc(-c2ccccc2)cc1)c1ccc(C(=O)NO)cc1.CCC[C@H](NC(=O)C1CCN(C)CC1)c1cc(C(=O)NO)ccn1.CC[C@H](NC(=O)CN(C)C)c1ccc(C(=O)NO)cc1.C[C@H](NC(=O)C12CC3CC(CC(C3)C1)C2)c1ccc(C(=O)NO)cn1. The van der Waals surface area contributed by atoms with Crippen LogP contribution in [0.25, 0.3) is 11.1 Å². The van der Waals surface area contributed by atoms with Crippen molar-refractivity contribution in [3.05, 3.63) is 190 Å².